The second kappa shape index (κ2) is 3.50. The van der Waals surface area contributed by atoms with Gasteiger partial charge in [-0.15, -0.1) is 0 Å². The van der Waals surface area contributed by atoms with E-state index in [2.05, 4.69) is 0 Å². The van der Waals surface area contributed by atoms with Crippen molar-refractivity contribution >= 4 is 0 Å². The first-order valence-corrected chi connectivity index (χ1v) is 3.94. The van der Waals surface area contributed by atoms with E-state index in [1.54, 1.807) is 0 Å². The molecule has 0 heterocycles. The van der Waals surface area contributed by atoms with Crippen LogP contribution in [0.3, 0.4) is 0 Å². The van der Waals surface area contributed by atoms with E-state index in [0.717, 1.165) is 0 Å². The lowest BCUT2D eigenvalue weighted by atomic mass is 10.0. The van der Waals surface area contributed by atoms with Gasteiger partial charge in [-0.25, -0.2) is 13.2 Å². The smallest absolute Gasteiger partial charge is 0.233 e. The van der Waals surface area contributed by atoms with E-state index >= 15 is 0 Å². The van der Waals surface area contributed by atoms with Crippen molar-refractivity contribution in [2.75, 3.05) is 0 Å². The molecule has 1 aliphatic carbocycles. The molecule has 0 bridgehead atoms. The standard InChI is InChI=1S/C7HF11/c8-1-2(9)5(13,14)7(17,18)6(15,16)3(10)4(1,11)12/h3H. The lowest BCUT2D eigenvalue weighted by Gasteiger charge is -2.31. The molecule has 0 saturated carbocycles. The average Bonchev–Trinajstić information content (AvgIpc) is 2.24. The third-order valence-electron chi connectivity index (χ3n) is 2.21. The predicted octanol–water partition coefficient (Wildman–Crippen LogP) is 4.03. The first-order chi connectivity index (χ1) is 7.72. The molecule has 1 unspecified atom stereocenters. The Kier molecular flexibility index (Phi) is 2.92. The largest absolute Gasteiger partial charge is 0.382 e. The molecule has 0 nitrogen and oxygen atoms in total. The van der Waals surface area contributed by atoms with Gasteiger partial charge in [0, 0.05) is 0 Å². The van der Waals surface area contributed by atoms with Crippen molar-refractivity contribution in [3.63, 3.8) is 0 Å². The fraction of sp³-hybridized carbons (Fsp3) is 0.714. The third kappa shape index (κ3) is 1.44. The minimum Gasteiger partial charge on any atom is -0.233 e. The summed E-state index contributed by atoms with van der Waals surface area (Å²) in [7, 11) is 0. The Hall–Kier alpha value is -1.03. The molecule has 1 aliphatic rings. The minimum atomic E-state index is -6.86. The van der Waals surface area contributed by atoms with Gasteiger partial charge in [0.1, 0.15) is 0 Å². The lowest BCUT2D eigenvalue weighted by molar-refractivity contribution is -0.326. The van der Waals surface area contributed by atoms with Crippen LogP contribution in [0.2, 0.25) is 0 Å². The maximum absolute atomic E-state index is 12.5. The molecule has 1 atom stereocenters. The van der Waals surface area contributed by atoms with Crippen molar-refractivity contribution < 1.29 is 48.3 Å². The monoisotopic (exact) mass is 294 g/mol. The molecular formula is C7HF11. The fourth-order valence-corrected chi connectivity index (χ4v) is 1.13. The molecular weight excluding hydrogens is 293 g/mol. The van der Waals surface area contributed by atoms with E-state index in [0.29, 0.717) is 0 Å². The zero-order chi connectivity index (χ0) is 14.7. The maximum atomic E-state index is 12.5. The Labute approximate surface area is 91.1 Å². The molecule has 0 spiro atoms. The van der Waals surface area contributed by atoms with Gasteiger partial charge in [-0.3, -0.25) is 0 Å². The van der Waals surface area contributed by atoms with Gasteiger partial charge in [0.2, 0.25) is 17.8 Å². The van der Waals surface area contributed by atoms with Crippen molar-refractivity contribution in [1.29, 1.82) is 0 Å². The fourth-order valence-electron chi connectivity index (χ4n) is 1.13. The molecule has 0 aliphatic heterocycles. The Bertz CT molecular complexity index is 392. The summed E-state index contributed by atoms with van der Waals surface area (Å²) in [5, 5.41) is 0. The molecule has 11 heteroatoms. The van der Waals surface area contributed by atoms with Crippen LogP contribution >= 0.6 is 0 Å². The van der Waals surface area contributed by atoms with Crippen molar-refractivity contribution in [1.82, 2.24) is 0 Å². The third-order valence-corrected chi connectivity index (χ3v) is 2.21. The molecule has 0 radical (unpaired) electrons. The second-order valence-electron chi connectivity index (χ2n) is 3.39. The number of rotatable bonds is 0. The van der Waals surface area contributed by atoms with Gasteiger partial charge in [-0.1, -0.05) is 0 Å². The summed E-state index contributed by atoms with van der Waals surface area (Å²) in [6.07, 6.45) is -5.35. The molecule has 0 fully saturated rings. The summed E-state index contributed by atoms with van der Waals surface area (Å²) in [6.45, 7) is 0. The molecule has 0 aromatic heterocycles. The minimum absolute atomic E-state index is 3.99. The Morgan fingerprint density at radius 2 is 1.11 bits per heavy atom. The molecule has 106 valence electrons. The van der Waals surface area contributed by atoms with Crippen LogP contribution in [-0.4, -0.2) is 29.9 Å². The molecule has 0 N–H and O–H groups in total. The van der Waals surface area contributed by atoms with Crippen molar-refractivity contribution in [3.05, 3.63) is 11.7 Å². The van der Waals surface area contributed by atoms with Gasteiger partial charge >= 0.3 is 23.7 Å². The predicted molar refractivity (Wildman–Crippen MR) is 33.9 cm³/mol. The van der Waals surface area contributed by atoms with Crippen LogP contribution in [0.1, 0.15) is 0 Å². The van der Waals surface area contributed by atoms with Crippen LogP contribution in [0.15, 0.2) is 11.7 Å². The highest BCUT2D eigenvalue weighted by molar-refractivity contribution is 5.28. The number of hydrogen-bond acceptors (Lipinski definition) is 0. The van der Waals surface area contributed by atoms with Crippen molar-refractivity contribution in [2.45, 2.75) is 29.9 Å². The quantitative estimate of drug-likeness (QED) is 0.592. The topological polar surface area (TPSA) is 0 Å². The van der Waals surface area contributed by atoms with Gasteiger partial charge in [0.15, 0.2) is 0 Å². The van der Waals surface area contributed by atoms with Crippen LogP contribution in [0.4, 0.5) is 48.3 Å². The van der Waals surface area contributed by atoms with Crippen LogP contribution in [0.5, 0.6) is 0 Å². The highest BCUT2D eigenvalue weighted by atomic mass is 19.4. The summed E-state index contributed by atoms with van der Waals surface area (Å²) in [4.78, 5) is 0. The summed E-state index contributed by atoms with van der Waals surface area (Å²) in [5.41, 5.74) is 0. The highest BCUT2D eigenvalue weighted by Gasteiger charge is 2.83. The van der Waals surface area contributed by atoms with Crippen molar-refractivity contribution in [3.8, 4) is 0 Å². The molecule has 18 heavy (non-hydrogen) atoms. The molecule has 1 rings (SSSR count). The number of halogens is 11. The number of alkyl halides is 9. The van der Waals surface area contributed by atoms with Crippen LogP contribution in [0, 0.1) is 0 Å². The number of hydrogen-bond donors (Lipinski definition) is 0. The molecule has 0 saturated heterocycles. The molecule has 0 aromatic rings. The van der Waals surface area contributed by atoms with Gasteiger partial charge in [0.25, 0.3) is 0 Å². The molecule has 0 amide bonds. The first-order valence-electron chi connectivity index (χ1n) is 3.94. The van der Waals surface area contributed by atoms with E-state index in [1.165, 1.54) is 0 Å². The Morgan fingerprint density at radius 1 is 0.722 bits per heavy atom. The summed E-state index contributed by atoms with van der Waals surface area (Å²) in [5.74, 6) is -34.4. The van der Waals surface area contributed by atoms with E-state index in [4.69, 9.17) is 0 Å². The first kappa shape index (κ1) is 15.0. The van der Waals surface area contributed by atoms with E-state index in [1.807, 2.05) is 0 Å². The van der Waals surface area contributed by atoms with Crippen LogP contribution in [-0.2, 0) is 0 Å². The van der Waals surface area contributed by atoms with Gasteiger partial charge in [-0.05, 0) is 0 Å². The van der Waals surface area contributed by atoms with E-state index < -0.39 is 41.5 Å². The molecule has 0 aromatic carbocycles. The zero-order valence-corrected chi connectivity index (χ0v) is 7.73. The van der Waals surface area contributed by atoms with Gasteiger partial charge in [0.05, 0.1) is 0 Å². The Morgan fingerprint density at radius 3 is 1.50 bits per heavy atom. The average molecular weight is 294 g/mol. The van der Waals surface area contributed by atoms with E-state index in [-0.39, 0.29) is 0 Å². The van der Waals surface area contributed by atoms with Crippen LogP contribution in [0.25, 0.3) is 0 Å². The van der Waals surface area contributed by atoms with Crippen LogP contribution < -0.4 is 0 Å². The summed E-state index contributed by atoms with van der Waals surface area (Å²) >= 11 is 0. The van der Waals surface area contributed by atoms with Crippen molar-refractivity contribution in [2.24, 2.45) is 0 Å². The summed E-state index contributed by atoms with van der Waals surface area (Å²) < 4.78 is 137. The normalized spacial score (nSPS) is 33.2. The second-order valence-corrected chi connectivity index (χ2v) is 3.39. The zero-order valence-electron chi connectivity index (χ0n) is 7.73. The maximum Gasteiger partial charge on any atom is 0.382 e. The number of allylic oxidation sites excluding steroid dienone is 2. The summed E-state index contributed by atoms with van der Waals surface area (Å²) in [6, 6.07) is 0. The van der Waals surface area contributed by atoms with E-state index in [9.17, 15) is 48.3 Å². The Balaban J connectivity index is 3.69. The highest BCUT2D eigenvalue weighted by Crippen LogP contribution is 2.58. The SMILES string of the molecule is FC1=C(F)C(F)(F)C(F)(F)C(F)(F)C(F)C1(F)F. The van der Waals surface area contributed by atoms with Gasteiger partial charge < -0.3 is 0 Å². The lowest BCUT2D eigenvalue weighted by Crippen LogP contribution is -2.59. The van der Waals surface area contributed by atoms with Gasteiger partial charge in [-0.2, -0.15) is 35.1 Å².